The van der Waals surface area contributed by atoms with Gasteiger partial charge in [-0.2, -0.15) is 5.26 Å². The molecule has 0 heterocycles. The molecule has 2 rings (SSSR count). The van der Waals surface area contributed by atoms with Crippen molar-refractivity contribution in [2.75, 3.05) is 11.9 Å². The number of rotatable bonds is 5. The molecule has 1 N–H and O–H groups in total. The quantitative estimate of drug-likeness (QED) is 0.839. The Morgan fingerprint density at radius 1 is 1.25 bits per heavy atom. The fourth-order valence-corrected chi connectivity index (χ4v) is 1.98. The highest BCUT2D eigenvalue weighted by Gasteiger charge is 2.22. The van der Waals surface area contributed by atoms with Gasteiger partial charge in [-0.1, -0.05) is 6.92 Å². The van der Waals surface area contributed by atoms with Crippen LogP contribution in [0.2, 0.25) is 0 Å². The maximum atomic E-state index is 11.5. The third-order valence-electron chi connectivity index (χ3n) is 3.03. The van der Waals surface area contributed by atoms with Crippen LogP contribution in [0.3, 0.4) is 0 Å². The second-order valence-corrected chi connectivity index (χ2v) is 4.26. The van der Waals surface area contributed by atoms with E-state index in [0.29, 0.717) is 24.3 Å². The third-order valence-corrected chi connectivity index (χ3v) is 3.03. The van der Waals surface area contributed by atoms with Crippen molar-refractivity contribution >= 4 is 11.4 Å². The van der Waals surface area contributed by atoms with Gasteiger partial charge in [0.25, 0.3) is 10.9 Å². The molecule has 0 radical (unpaired) electrons. The first-order chi connectivity index (χ1) is 9.62. The van der Waals surface area contributed by atoms with Crippen molar-refractivity contribution in [3.63, 3.8) is 0 Å². The van der Waals surface area contributed by atoms with Gasteiger partial charge in [-0.15, -0.1) is 0 Å². The molecular weight excluding hydrogens is 256 g/mol. The Bertz CT molecular complexity index is 749. The largest absolute Gasteiger partial charge is 0.488 e. The van der Waals surface area contributed by atoms with Gasteiger partial charge in [-0.3, -0.25) is 9.59 Å². The minimum atomic E-state index is -0.598. The summed E-state index contributed by atoms with van der Waals surface area (Å²) in [5.41, 5.74) is 1.16. The van der Waals surface area contributed by atoms with E-state index < -0.39 is 10.9 Å². The molecule has 0 fully saturated rings. The number of benzene rings is 1. The van der Waals surface area contributed by atoms with E-state index in [1.165, 1.54) is 0 Å². The predicted molar refractivity (Wildman–Crippen MR) is 76.3 cm³/mol. The van der Waals surface area contributed by atoms with E-state index >= 15 is 0 Å². The monoisotopic (exact) mass is 270 g/mol. The van der Waals surface area contributed by atoms with Gasteiger partial charge >= 0.3 is 0 Å². The molecule has 0 aromatic heterocycles. The molecule has 2 aromatic rings. The van der Waals surface area contributed by atoms with E-state index in [9.17, 15) is 9.59 Å². The van der Waals surface area contributed by atoms with Crippen LogP contribution in [-0.4, -0.2) is 6.61 Å². The number of hydrogen-bond acceptors (Lipinski definition) is 5. The number of anilines is 2. The van der Waals surface area contributed by atoms with Crippen molar-refractivity contribution in [2.45, 2.75) is 20.3 Å². The molecule has 5 heteroatoms. The lowest BCUT2D eigenvalue weighted by Crippen LogP contribution is -2.35. The average Bonchev–Trinajstić information content (AvgIpc) is 2.50. The summed E-state index contributed by atoms with van der Waals surface area (Å²) in [4.78, 5) is 22.9. The Morgan fingerprint density at radius 3 is 2.60 bits per heavy atom. The summed E-state index contributed by atoms with van der Waals surface area (Å²) in [6.45, 7) is 4.02. The molecule has 0 saturated carbocycles. The number of hydrogen-bond donors (Lipinski definition) is 1. The summed E-state index contributed by atoms with van der Waals surface area (Å²) < 4.78 is 5.14. The summed E-state index contributed by atoms with van der Waals surface area (Å²) in [6.07, 6.45) is 0.711. The zero-order valence-corrected chi connectivity index (χ0v) is 11.3. The van der Waals surface area contributed by atoms with E-state index in [1.54, 1.807) is 25.1 Å². The first kappa shape index (κ1) is 13.8. The molecule has 2 aromatic carbocycles. The molecule has 0 amide bonds. The van der Waals surface area contributed by atoms with Crippen LogP contribution in [0.15, 0.2) is 27.8 Å². The Morgan fingerprint density at radius 2 is 2.00 bits per heavy atom. The zero-order chi connectivity index (χ0) is 14.7. The van der Waals surface area contributed by atoms with E-state index in [1.807, 2.05) is 6.92 Å². The lowest BCUT2D eigenvalue weighted by atomic mass is 10.0. The van der Waals surface area contributed by atoms with Gasteiger partial charge in [0.2, 0.25) is 0 Å². The molecule has 0 bridgehead atoms. The van der Waals surface area contributed by atoms with Crippen LogP contribution in [-0.2, 0) is 6.42 Å². The molecular formula is C15H14N2O3. The molecule has 20 heavy (non-hydrogen) atoms. The van der Waals surface area contributed by atoms with Gasteiger partial charge in [0.1, 0.15) is 5.69 Å². The zero-order valence-electron chi connectivity index (χ0n) is 11.3. The third kappa shape index (κ3) is 2.28. The maximum absolute atomic E-state index is 11.5. The molecule has 0 aliphatic carbocycles. The summed E-state index contributed by atoms with van der Waals surface area (Å²) in [5.74, 6) is 0.0832. The number of nitrogens with zero attached hydrogens (tertiary/aromatic N) is 1. The van der Waals surface area contributed by atoms with E-state index in [0.717, 1.165) is 5.56 Å². The van der Waals surface area contributed by atoms with Gasteiger partial charge in [0.05, 0.1) is 18.2 Å². The highest BCUT2D eigenvalue weighted by atomic mass is 16.5. The van der Waals surface area contributed by atoms with Gasteiger partial charge in [0, 0.05) is 5.69 Å². The minimum absolute atomic E-state index is 0.0832. The second kappa shape index (κ2) is 5.57. The van der Waals surface area contributed by atoms with Gasteiger partial charge in [0.15, 0.2) is 5.75 Å². The summed E-state index contributed by atoms with van der Waals surface area (Å²) in [6, 6.07) is 7.30. The summed E-state index contributed by atoms with van der Waals surface area (Å²) in [7, 11) is 0. The normalized spacial score (nSPS) is 10.2. The van der Waals surface area contributed by atoms with Crippen molar-refractivity contribution in [3.8, 4) is 11.8 Å². The highest BCUT2D eigenvalue weighted by Crippen LogP contribution is 2.24. The first-order valence-corrected chi connectivity index (χ1v) is 6.38. The van der Waals surface area contributed by atoms with Crippen molar-refractivity contribution in [1.29, 1.82) is 5.26 Å². The van der Waals surface area contributed by atoms with Crippen molar-refractivity contribution in [2.24, 2.45) is 0 Å². The van der Waals surface area contributed by atoms with E-state index in [2.05, 4.69) is 11.4 Å². The van der Waals surface area contributed by atoms with Crippen LogP contribution in [0.5, 0.6) is 5.75 Å². The standard InChI is InChI=1S/C15H14N2O3/c1-3-9-7-11(6-5-10(9)8-16)17-12-13(18)14(19)15(12)20-4-2/h5-7,17H,3-4H2,1-2H3. The number of nitrogens with one attached hydrogen (secondary N) is 1. The molecule has 0 saturated heterocycles. The van der Waals surface area contributed by atoms with Crippen LogP contribution in [0.4, 0.5) is 11.4 Å². The lowest BCUT2D eigenvalue weighted by molar-refractivity contribution is 0.335. The van der Waals surface area contributed by atoms with Crippen LogP contribution in [0.1, 0.15) is 25.0 Å². The molecule has 0 spiro atoms. The van der Waals surface area contributed by atoms with Crippen LogP contribution in [0, 0.1) is 11.3 Å². The molecule has 0 aliphatic rings. The fraction of sp³-hybridized carbons (Fsp3) is 0.267. The van der Waals surface area contributed by atoms with Crippen LogP contribution >= 0.6 is 0 Å². The number of aryl methyl sites for hydroxylation is 1. The molecule has 0 aliphatic heterocycles. The number of ether oxygens (including phenoxy) is 1. The molecule has 102 valence electrons. The Labute approximate surface area is 116 Å². The second-order valence-electron chi connectivity index (χ2n) is 4.26. The van der Waals surface area contributed by atoms with E-state index in [4.69, 9.17) is 10.00 Å². The summed E-state index contributed by atoms with van der Waals surface area (Å²) in [5, 5.41) is 11.9. The number of nitriles is 1. The molecule has 5 nitrogen and oxygen atoms in total. The highest BCUT2D eigenvalue weighted by molar-refractivity contribution is 5.70. The maximum Gasteiger partial charge on any atom is 0.272 e. The van der Waals surface area contributed by atoms with Crippen molar-refractivity contribution in [3.05, 3.63) is 49.8 Å². The first-order valence-electron chi connectivity index (χ1n) is 6.38. The Hall–Kier alpha value is -2.61. The minimum Gasteiger partial charge on any atom is -0.488 e. The lowest BCUT2D eigenvalue weighted by Gasteiger charge is -2.14. The predicted octanol–water partition coefficient (Wildman–Crippen LogP) is 1.86. The van der Waals surface area contributed by atoms with Crippen molar-refractivity contribution in [1.82, 2.24) is 0 Å². The Kier molecular flexibility index (Phi) is 3.85. The topological polar surface area (TPSA) is 79.2 Å². The SMILES string of the molecule is CCOc1c(Nc2ccc(C#N)c(CC)c2)c(=O)c1=O. The van der Waals surface area contributed by atoms with Crippen molar-refractivity contribution < 1.29 is 4.74 Å². The van der Waals surface area contributed by atoms with Gasteiger partial charge in [-0.25, -0.2) is 0 Å². The van der Waals surface area contributed by atoms with Gasteiger partial charge < -0.3 is 10.1 Å². The van der Waals surface area contributed by atoms with Crippen LogP contribution in [0.25, 0.3) is 0 Å². The summed E-state index contributed by atoms with van der Waals surface area (Å²) >= 11 is 0. The Balaban J connectivity index is 2.32. The average molecular weight is 270 g/mol. The molecule has 0 atom stereocenters. The van der Waals surface area contributed by atoms with Gasteiger partial charge in [-0.05, 0) is 37.1 Å². The van der Waals surface area contributed by atoms with Crippen LogP contribution < -0.4 is 20.9 Å². The van der Waals surface area contributed by atoms with E-state index in [-0.39, 0.29) is 11.4 Å². The smallest absolute Gasteiger partial charge is 0.272 e. The molecule has 0 unspecified atom stereocenters. The fourth-order valence-electron chi connectivity index (χ4n) is 1.98.